The van der Waals surface area contributed by atoms with E-state index >= 15 is 0 Å². The molecule has 0 radical (unpaired) electrons. The molecular formula is C12H14BrF. The third-order valence-electron chi connectivity index (χ3n) is 2.98. The lowest BCUT2D eigenvalue weighted by Crippen LogP contribution is -2.04. The van der Waals surface area contributed by atoms with Crippen molar-refractivity contribution in [1.29, 1.82) is 0 Å². The fourth-order valence-electron chi connectivity index (χ4n) is 2.20. The fraction of sp³-hybridized carbons (Fsp3) is 0.500. The summed E-state index contributed by atoms with van der Waals surface area (Å²) in [4.78, 5) is 0. The van der Waals surface area contributed by atoms with Crippen molar-refractivity contribution in [2.75, 3.05) is 0 Å². The minimum Gasteiger partial charge on any atom is -0.242 e. The summed E-state index contributed by atoms with van der Waals surface area (Å²) in [7, 11) is 0. The van der Waals surface area contributed by atoms with E-state index in [2.05, 4.69) is 15.9 Å². The molecule has 2 rings (SSSR count). The lowest BCUT2D eigenvalue weighted by Gasteiger charge is -2.15. The van der Waals surface area contributed by atoms with Crippen molar-refractivity contribution in [1.82, 2.24) is 0 Å². The van der Waals surface area contributed by atoms with E-state index in [9.17, 15) is 4.39 Å². The number of hydrogen-bond donors (Lipinski definition) is 0. The molecule has 1 aromatic rings. The summed E-state index contributed by atoms with van der Waals surface area (Å²) < 4.78 is 15.0. The first-order valence-corrected chi connectivity index (χ1v) is 5.96. The molecule has 0 nitrogen and oxygen atoms in total. The minimum atomic E-state index is -0.769. The van der Waals surface area contributed by atoms with Crippen LogP contribution < -0.4 is 0 Å². The van der Waals surface area contributed by atoms with Gasteiger partial charge in [-0.05, 0) is 36.5 Å². The van der Waals surface area contributed by atoms with E-state index in [-0.39, 0.29) is 5.92 Å². The molecule has 1 aliphatic carbocycles. The second-order valence-corrected chi connectivity index (χ2v) is 4.92. The quantitative estimate of drug-likeness (QED) is 0.723. The van der Waals surface area contributed by atoms with Gasteiger partial charge in [-0.1, -0.05) is 40.9 Å². The van der Waals surface area contributed by atoms with Gasteiger partial charge in [0.1, 0.15) is 6.17 Å². The number of alkyl halides is 1. The first-order valence-electron chi connectivity index (χ1n) is 5.17. The van der Waals surface area contributed by atoms with Crippen LogP contribution in [0.5, 0.6) is 0 Å². The highest BCUT2D eigenvalue weighted by atomic mass is 79.9. The molecule has 1 aromatic carbocycles. The second kappa shape index (κ2) is 4.43. The SMILES string of the molecule is FC(c1cccc(Br)c1)C1CCCC1. The van der Waals surface area contributed by atoms with Crippen LogP contribution in [0, 0.1) is 5.92 Å². The van der Waals surface area contributed by atoms with Crippen LogP contribution in [-0.4, -0.2) is 0 Å². The Morgan fingerprint density at radius 1 is 1.29 bits per heavy atom. The van der Waals surface area contributed by atoms with Gasteiger partial charge in [0.15, 0.2) is 0 Å². The topological polar surface area (TPSA) is 0 Å². The molecule has 0 aromatic heterocycles. The molecule has 1 unspecified atom stereocenters. The Bertz CT molecular complexity index is 305. The zero-order valence-corrected chi connectivity index (χ0v) is 9.63. The van der Waals surface area contributed by atoms with E-state index in [1.807, 2.05) is 24.3 Å². The first-order chi connectivity index (χ1) is 6.77. The maximum atomic E-state index is 14.0. The van der Waals surface area contributed by atoms with Gasteiger partial charge in [-0.2, -0.15) is 0 Å². The molecular weight excluding hydrogens is 243 g/mol. The molecule has 0 spiro atoms. The standard InChI is InChI=1S/C12H14BrF/c13-11-7-3-6-10(8-11)12(14)9-4-1-2-5-9/h3,6-9,12H,1-2,4-5H2. The van der Waals surface area contributed by atoms with Crippen molar-refractivity contribution < 1.29 is 4.39 Å². The van der Waals surface area contributed by atoms with E-state index in [4.69, 9.17) is 0 Å². The average Bonchev–Trinajstić information content (AvgIpc) is 2.69. The van der Waals surface area contributed by atoms with Crippen LogP contribution in [0.25, 0.3) is 0 Å². The van der Waals surface area contributed by atoms with Crippen molar-refractivity contribution >= 4 is 15.9 Å². The average molecular weight is 257 g/mol. The summed E-state index contributed by atoms with van der Waals surface area (Å²) >= 11 is 3.37. The first kappa shape index (κ1) is 10.2. The molecule has 0 amide bonds. The molecule has 1 aliphatic rings. The van der Waals surface area contributed by atoms with Gasteiger partial charge < -0.3 is 0 Å². The normalized spacial score (nSPS) is 19.9. The summed E-state index contributed by atoms with van der Waals surface area (Å²) in [6.45, 7) is 0. The molecule has 0 heterocycles. The number of halogens is 2. The summed E-state index contributed by atoms with van der Waals surface area (Å²) in [5, 5.41) is 0. The maximum Gasteiger partial charge on any atom is 0.128 e. The largest absolute Gasteiger partial charge is 0.242 e. The summed E-state index contributed by atoms with van der Waals surface area (Å²) in [5.41, 5.74) is 0.825. The molecule has 0 aliphatic heterocycles. The van der Waals surface area contributed by atoms with Gasteiger partial charge in [0.05, 0.1) is 0 Å². The van der Waals surface area contributed by atoms with Gasteiger partial charge in [0.2, 0.25) is 0 Å². The smallest absolute Gasteiger partial charge is 0.128 e. The minimum absolute atomic E-state index is 0.254. The highest BCUT2D eigenvalue weighted by Crippen LogP contribution is 2.38. The molecule has 2 heteroatoms. The summed E-state index contributed by atoms with van der Waals surface area (Å²) in [6.07, 6.45) is 3.72. The van der Waals surface area contributed by atoms with Gasteiger partial charge in [-0.25, -0.2) is 4.39 Å². The lowest BCUT2D eigenvalue weighted by molar-refractivity contribution is 0.235. The van der Waals surface area contributed by atoms with E-state index in [1.165, 1.54) is 12.8 Å². The third-order valence-corrected chi connectivity index (χ3v) is 3.47. The van der Waals surface area contributed by atoms with Crippen LogP contribution in [-0.2, 0) is 0 Å². The van der Waals surface area contributed by atoms with E-state index in [0.29, 0.717) is 0 Å². The van der Waals surface area contributed by atoms with Gasteiger partial charge in [0.25, 0.3) is 0 Å². The Hall–Kier alpha value is -0.370. The number of benzene rings is 1. The van der Waals surface area contributed by atoms with Crippen molar-refractivity contribution in [2.24, 2.45) is 5.92 Å². The molecule has 14 heavy (non-hydrogen) atoms. The molecule has 1 fully saturated rings. The number of hydrogen-bond acceptors (Lipinski definition) is 0. The van der Waals surface area contributed by atoms with Gasteiger partial charge in [-0.3, -0.25) is 0 Å². The van der Waals surface area contributed by atoms with E-state index in [1.54, 1.807) is 0 Å². The zero-order chi connectivity index (χ0) is 9.97. The van der Waals surface area contributed by atoms with Gasteiger partial charge >= 0.3 is 0 Å². The Morgan fingerprint density at radius 3 is 2.64 bits per heavy atom. The summed E-state index contributed by atoms with van der Waals surface area (Å²) in [6, 6.07) is 7.61. The molecule has 1 saturated carbocycles. The Labute approximate surface area is 92.6 Å². The zero-order valence-electron chi connectivity index (χ0n) is 8.05. The monoisotopic (exact) mass is 256 g/mol. The van der Waals surface area contributed by atoms with Crippen LogP contribution in [0.2, 0.25) is 0 Å². The highest BCUT2D eigenvalue weighted by molar-refractivity contribution is 9.10. The maximum absolute atomic E-state index is 14.0. The van der Waals surface area contributed by atoms with Crippen LogP contribution in [0.4, 0.5) is 4.39 Å². The predicted molar refractivity (Wildman–Crippen MR) is 59.9 cm³/mol. The van der Waals surface area contributed by atoms with Crippen LogP contribution in [0.1, 0.15) is 37.4 Å². The molecule has 0 saturated heterocycles. The predicted octanol–water partition coefficient (Wildman–Crippen LogP) is 4.65. The van der Waals surface area contributed by atoms with Crippen LogP contribution >= 0.6 is 15.9 Å². The van der Waals surface area contributed by atoms with E-state index in [0.717, 1.165) is 22.9 Å². The fourth-order valence-corrected chi connectivity index (χ4v) is 2.62. The van der Waals surface area contributed by atoms with Crippen LogP contribution in [0.15, 0.2) is 28.7 Å². The van der Waals surface area contributed by atoms with Crippen molar-refractivity contribution in [3.63, 3.8) is 0 Å². The van der Waals surface area contributed by atoms with Crippen molar-refractivity contribution in [2.45, 2.75) is 31.9 Å². The molecule has 1 atom stereocenters. The number of rotatable bonds is 2. The summed E-state index contributed by atoms with van der Waals surface area (Å²) in [5.74, 6) is 0.254. The Kier molecular flexibility index (Phi) is 3.22. The van der Waals surface area contributed by atoms with E-state index < -0.39 is 6.17 Å². The Morgan fingerprint density at radius 2 is 2.00 bits per heavy atom. The molecule has 0 N–H and O–H groups in total. The van der Waals surface area contributed by atoms with Gasteiger partial charge in [0, 0.05) is 4.47 Å². The van der Waals surface area contributed by atoms with Crippen molar-refractivity contribution in [3.8, 4) is 0 Å². The molecule has 0 bridgehead atoms. The molecule has 76 valence electrons. The van der Waals surface area contributed by atoms with Gasteiger partial charge in [-0.15, -0.1) is 0 Å². The Balaban J connectivity index is 2.13. The third kappa shape index (κ3) is 2.17. The van der Waals surface area contributed by atoms with Crippen molar-refractivity contribution in [3.05, 3.63) is 34.3 Å². The lowest BCUT2D eigenvalue weighted by atomic mass is 9.96. The second-order valence-electron chi connectivity index (χ2n) is 4.00. The highest BCUT2D eigenvalue weighted by Gasteiger charge is 2.25. The van der Waals surface area contributed by atoms with Crippen LogP contribution in [0.3, 0.4) is 0 Å².